The number of hydrogen-bond donors (Lipinski definition) is 0. The second kappa shape index (κ2) is 8.72. The fourth-order valence-corrected chi connectivity index (χ4v) is 5.01. The Balaban J connectivity index is 1.11. The zero-order chi connectivity index (χ0) is 19.6. The summed E-state index contributed by atoms with van der Waals surface area (Å²) in [6.45, 7) is 7.93. The summed E-state index contributed by atoms with van der Waals surface area (Å²) in [5.74, 6) is 2.01. The molecule has 1 aliphatic carbocycles. The molecule has 3 fully saturated rings. The van der Waals surface area contributed by atoms with Crippen molar-refractivity contribution in [2.75, 3.05) is 45.9 Å². The summed E-state index contributed by atoms with van der Waals surface area (Å²) < 4.78 is 44.5. The van der Waals surface area contributed by atoms with Crippen molar-refractivity contribution in [2.45, 2.75) is 38.4 Å². The molecule has 3 nitrogen and oxygen atoms in total. The molecule has 0 aromatic heterocycles. The lowest BCUT2D eigenvalue weighted by atomic mass is 10.1. The summed E-state index contributed by atoms with van der Waals surface area (Å²) in [4.78, 5) is 4.84. The number of ether oxygens (including phenoxy) is 1. The zero-order valence-electron chi connectivity index (χ0n) is 16.5. The third-order valence-electron chi connectivity index (χ3n) is 6.63. The van der Waals surface area contributed by atoms with Crippen molar-refractivity contribution < 1.29 is 17.9 Å². The van der Waals surface area contributed by atoms with Gasteiger partial charge in [0.1, 0.15) is 0 Å². The SMILES string of the molecule is FC(F)(F)c1cccc(CN2CC3C(COCCCN4CCCCC4)C3C2)c1. The molecule has 3 aliphatic rings. The van der Waals surface area contributed by atoms with Gasteiger partial charge in [-0.1, -0.05) is 24.6 Å². The average Bonchev–Trinajstić information content (AvgIpc) is 3.13. The Hall–Kier alpha value is -1.11. The molecule has 0 spiro atoms. The first kappa shape index (κ1) is 20.2. The van der Waals surface area contributed by atoms with Crippen molar-refractivity contribution in [1.29, 1.82) is 0 Å². The van der Waals surface area contributed by atoms with E-state index in [4.69, 9.17) is 4.74 Å². The maximum Gasteiger partial charge on any atom is 0.416 e. The minimum atomic E-state index is -4.26. The highest BCUT2D eigenvalue weighted by Gasteiger charge is 2.55. The normalized spacial score (nSPS) is 28.5. The van der Waals surface area contributed by atoms with Crippen molar-refractivity contribution >= 4 is 0 Å². The molecule has 4 rings (SSSR count). The van der Waals surface area contributed by atoms with Crippen molar-refractivity contribution in [3.63, 3.8) is 0 Å². The standard InChI is InChI=1S/C22H31F3N2O/c23-22(24,25)18-7-4-6-17(12-18)13-27-14-19-20(15-27)21(19)16-28-11-5-10-26-8-2-1-3-9-26/h4,6-7,12,19-21H,1-3,5,8-11,13-16H2. The van der Waals surface area contributed by atoms with E-state index in [1.54, 1.807) is 6.07 Å². The second-order valence-electron chi connectivity index (χ2n) is 8.71. The molecule has 6 heteroatoms. The van der Waals surface area contributed by atoms with Crippen LogP contribution in [0.25, 0.3) is 0 Å². The molecule has 0 N–H and O–H groups in total. The van der Waals surface area contributed by atoms with Crippen LogP contribution < -0.4 is 0 Å². The summed E-state index contributed by atoms with van der Waals surface area (Å²) in [5, 5.41) is 0. The van der Waals surface area contributed by atoms with Crippen LogP contribution in [0.5, 0.6) is 0 Å². The lowest BCUT2D eigenvalue weighted by molar-refractivity contribution is -0.137. The number of hydrogen-bond acceptors (Lipinski definition) is 3. The van der Waals surface area contributed by atoms with E-state index in [1.807, 2.05) is 0 Å². The maximum absolute atomic E-state index is 12.9. The number of fused-ring (bicyclic) bond motifs is 1. The number of halogens is 3. The molecule has 0 bridgehead atoms. The van der Waals surface area contributed by atoms with Crippen molar-refractivity contribution in [3.05, 3.63) is 35.4 Å². The number of nitrogens with zero attached hydrogens (tertiary/aromatic N) is 2. The highest BCUT2D eigenvalue weighted by atomic mass is 19.4. The first-order valence-corrected chi connectivity index (χ1v) is 10.7. The van der Waals surface area contributed by atoms with Crippen LogP contribution >= 0.6 is 0 Å². The summed E-state index contributed by atoms with van der Waals surface area (Å²) in [6, 6.07) is 5.73. The molecule has 0 radical (unpaired) electrons. The molecular weight excluding hydrogens is 365 g/mol. The third kappa shape index (κ3) is 5.08. The van der Waals surface area contributed by atoms with Crippen LogP contribution in [0, 0.1) is 17.8 Å². The molecule has 1 aromatic carbocycles. The monoisotopic (exact) mass is 396 g/mol. The van der Waals surface area contributed by atoms with Crippen LogP contribution in [-0.4, -0.2) is 55.7 Å². The number of likely N-dealkylation sites (tertiary alicyclic amines) is 2. The maximum atomic E-state index is 12.9. The molecule has 2 aliphatic heterocycles. The number of benzene rings is 1. The van der Waals surface area contributed by atoms with Gasteiger partial charge in [0.15, 0.2) is 0 Å². The zero-order valence-corrected chi connectivity index (χ0v) is 16.5. The number of alkyl halides is 3. The lowest BCUT2D eigenvalue weighted by Gasteiger charge is -2.26. The lowest BCUT2D eigenvalue weighted by Crippen LogP contribution is -2.31. The van der Waals surface area contributed by atoms with Crippen molar-refractivity contribution in [1.82, 2.24) is 9.80 Å². The van der Waals surface area contributed by atoms with Crippen LogP contribution in [0.3, 0.4) is 0 Å². The first-order chi connectivity index (χ1) is 13.5. The number of rotatable bonds is 8. The topological polar surface area (TPSA) is 15.7 Å². The minimum absolute atomic E-state index is 0.551. The predicted octanol–water partition coefficient (Wildman–Crippen LogP) is 4.28. The van der Waals surface area contributed by atoms with Gasteiger partial charge in [0, 0.05) is 32.8 Å². The Kier molecular flexibility index (Phi) is 6.28. The molecule has 2 unspecified atom stereocenters. The first-order valence-electron chi connectivity index (χ1n) is 10.7. The quantitative estimate of drug-likeness (QED) is 0.610. The Labute approximate surface area is 165 Å². The van der Waals surface area contributed by atoms with Crippen LogP contribution in [-0.2, 0) is 17.5 Å². The van der Waals surface area contributed by atoms with Gasteiger partial charge in [-0.25, -0.2) is 0 Å². The second-order valence-corrected chi connectivity index (χ2v) is 8.71. The van der Waals surface area contributed by atoms with Crippen LogP contribution in [0.1, 0.15) is 36.8 Å². The van der Waals surface area contributed by atoms with E-state index >= 15 is 0 Å². The highest BCUT2D eigenvalue weighted by Crippen LogP contribution is 2.52. The Morgan fingerprint density at radius 1 is 1.00 bits per heavy atom. The minimum Gasteiger partial charge on any atom is -0.381 e. The van der Waals surface area contributed by atoms with Crippen molar-refractivity contribution in [3.8, 4) is 0 Å². The fourth-order valence-electron chi connectivity index (χ4n) is 5.01. The van der Waals surface area contributed by atoms with E-state index in [9.17, 15) is 13.2 Å². The van der Waals surface area contributed by atoms with Gasteiger partial charge in [0.2, 0.25) is 0 Å². The van der Waals surface area contributed by atoms with E-state index in [0.29, 0.717) is 24.3 Å². The highest BCUT2D eigenvalue weighted by molar-refractivity contribution is 5.26. The third-order valence-corrected chi connectivity index (χ3v) is 6.63. The molecule has 28 heavy (non-hydrogen) atoms. The predicted molar refractivity (Wildman–Crippen MR) is 103 cm³/mol. The van der Waals surface area contributed by atoms with E-state index in [2.05, 4.69) is 9.80 Å². The summed E-state index contributed by atoms with van der Waals surface area (Å²) >= 11 is 0. The van der Waals surface area contributed by atoms with Gasteiger partial charge in [-0.2, -0.15) is 13.2 Å². The molecule has 2 heterocycles. The van der Waals surface area contributed by atoms with Gasteiger partial charge in [-0.05, 0) is 61.7 Å². The fraction of sp³-hybridized carbons (Fsp3) is 0.727. The Morgan fingerprint density at radius 3 is 2.46 bits per heavy atom. The molecule has 2 atom stereocenters. The number of piperidine rings is 2. The van der Waals surface area contributed by atoms with Gasteiger partial charge in [0.25, 0.3) is 0 Å². The van der Waals surface area contributed by atoms with E-state index < -0.39 is 11.7 Å². The van der Waals surface area contributed by atoms with Crippen LogP contribution in [0.4, 0.5) is 13.2 Å². The van der Waals surface area contributed by atoms with E-state index in [-0.39, 0.29) is 0 Å². The summed E-state index contributed by atoms with van der Waals surface area (Å²) in [7, 11) is 0. The Morgan fingerprint density at radius 2 is 1.75 bits per heavy atom. The summed E-state index contributed by atoms with van der Waals surface area (Å²) in [5.41, 5.74) is 0.201. The largest absolute Gasteiger partial charge is 0.416 e. The molecule has 1 aromatic rings. The molecule has 156 valence electrons. The molecule has 1 saturated carbocycles. The average molecular weight is 396 g/mol. The smallest absolute Gasteiger partial charge is 0.381 e. The molecular formula is C22H31F3N2O. The summed E-state index contributed by atoms with van der Waals surface area (Å²) in [6.07, 6.45) is 0.901. The van der Waals surface area contributed by atoms with Gasteiger partial charge in [-0.3, -0.25) is 4.90 Å². The van der Waals surface area contributed by atoms with E-state index in [0.717, 1.165) is 50.9 Å². The Bertz CT molecular complexity index is 633. The van der Waals surface area contributed by atoms with Gasteiger partial charge in [-0.15, -0.1) is 0 Å². The van der Waals surface area contributed by atoms with Gasteiger partial charge >= 0.3 is 6.18 Å². The van der Waals surface area contributed by atoms with Crippen LogP contribution in [0.15, 0.2) is 24.3 Å². The van der Waals surface area contributed by atoms with E-state index in [1.165, 1.54) is 44.5 Å². The van der Waals surface area contributed by atoms with Gasteiger partial charge in [0.05, 0.1) is 12.2 Å². The van der Waals surface area contributed by atoms with Crippen molar-refractivity contribution in [2.24, 2.45) is 17.8 Å². The van der Waals surface area contributed by atoms with Gasteiger partial charge < -0.3 is 9.64 Å². The molecule has 0 amide bonds. The molecule has 2 saturated heterocycles. The van der Waals surface area contributed by atoms with Crippen LogP contribution in [0.2, 0.25) is 0 Å².